The molecule has 0 aromatic carbocycles. The van der Waals surface area contributed by atoms with Crippen LogP contribution in [0, 0.1) is 11.3 Å². The number of aromatic nitrogens is 1. The van der Waals surface area contributed by atoms with Crippen molar-refractivity contribution in [2.45, 2.75) is 18.6 Å². The summed E-state index contributed by atoms with van der Waals surface area (Å²) in [5, 5.41) is 21.0. The Balaban J connectivity index is 1.99. The van der Waals surface area contributed by atoms with Crippen LogP contribution in [-0.2, 0) is 4.74 Å². The molecule has 1 fully saturated rings. The molecule has 1 saturated heterocycles. The van der Waals surface area contributed by atoms with Gasteiger partial charge in [0.15, 0.2) is 0 Å². The first-order chi connectivity index (χ1) is 8.20. The van der Waals surface area contributed by atoms with Gasteiger partial charge in [-0.15, -0.1) is 0 Å². The normalized spacial score (nSPS) is 24.0. The average Bonchev–Trinajstić information content (AvgIpc) is 2.81. The smallest absolute Gasteiger partial charge is 0.268 e. The van der Waals surface area contributed by atoms with Gasteiger partial charge < -0.3 is 20.1 Å². The molecule has 0 saturated carbocycles. The highest BCUT2D eigenvalue weighted by atomic mass is 16.5. The van der Waals surface area contributed by atoms with Gasteiger partial charge in [0.25, 0.3) is 5.91 Å². The van der Waals surface area contributed by atoms with E-state index < -0.39 is 12.1 Å². The molecule has 6 nitrogen and oxygen atoms in total. The minimum atomic E-state index is -0.585. The van der Waals surface area contributed by atoms with Crippen LogP contribution in [0.25, 0.3) is 0 Å². The number of nitrogens with zero attached hydrogens (tertiary/aromatic N) is 1. The van der Waals surface area contributed by atoms with Crippen LogP contribution >= 0.6 is 0 Å². The molecular weight excluding hydrogens is 222 g/mol. The molecule has 6 heteroatoms. The van der Waals surface area contributed by atoms with E-state index >= 15 is 0 Å². The number of carbonyl (C=O) groups excluding carboxylic acids is 1. The van der Waals surface area contributed by atoms with Crippen molar-refractivity contribution in [3.8, 4) is 6.07 Å². The molecule has 0 aliphatic carbocycles. The summed E-state index contributed by atoms with van der Waals surface area (Å²) in [6, 6.07) is 2.99. The molecule has 90 valence electrons. The topological polar surface area (TPSA) is 98.1 Å². The third-order valence-electron chi connectivity index (χ3n) is 2.69. The standard InChI is InChI=1S/C11H13N3O3/c12-4-7-3-8(13-5-7)11(16)14-9-6-17-2-1-10(9)15/h3,5,9-10,13,15H,1-2,6H2,(H,14,16)/t9-,10-/m0/s1. The largest absolute Gasteiger partial charge is 0.391 e. The summed E-state index contributed by atoms with van der Waals surface area (Å²) < 4.78 is 5.18. The number of nitrogens with one attached hydrogen (secondary N) is 2. The molecule has 1 aliphatic heterocycles. The summed E-state index contributed by atoms with van der Waals surface area (Å²) in [4.78, 5) is 14.5. The molecule has 17 heavy (non-hydrogen) atoms. The van der Waals surface area contributed by atoms with Gasteiger partial charge in [-0.1, -0.05) is 0 Å². The Hall–Kier alpha value is -1.84. The summed E-state index contributed by atoms with van der Waals surface area (Å²) >= 11 is 0. The first-order valence-electron chi connectivity index (χ1n) is 5.36. The minimum absolute atomic E-state index is 0.304. The van der Waals surface area contributed by atoms with Crippen LogP contribution in [0.1, 0.15) is 22.5 Å². The van der Waals surface area contributed by atoms with Gasteiger partial charge >= 0.3 is 0 Å². The van der Waals surface area contributed by atoms with E-state index in [1.54, 1.807) is 0 Å². The maximum atomic E-state index is 11.8. The Morgan fingerprint density at radius 2 is 2.53 bits per heavy atom. The number of ether oxygens (including phenoxy) is 1. The highest BCUT2D eigenvalue weighted by Crippen LogP contribution is 2.09. The molecule has 1 aromatic rings. The molecule has 1 amide bonds. The third kappa shape index (κ3) is 2.64. The second-order valence-corrected chi connectivity index (χ2v) is 3.92. The van der Waals surface area contributed by atoms with Crippen molar-refractivity contribution in [2.24, 2.45) is 0 Å². The second-order valence-electron chi connectivity index (χ2n) is 3.92. The van der Waals surface area contributed by atoms with Crippen molar-refractivity contribution < 1.29 is 14.6 Å². The van der Waals surface area contributed by atoms with Crippen LogP contribution in [0.5, 0.6) is 0 Å². The zero-order valence-corrected chi connectivity index (χ0v) is 9.14. The Labute approximate surface area is 98.2 Å². The monoisotopic (exact) mass is 235 g/mol. The number of rotatable bonds is 2. The fourth-order valence-corrected chi connectivity index (χ4v) is 1.70. The van der Waals surface area contributed by atoms with E-state index in [9.17, 15) is 9.90 Å². The lowest BCUT2D eigenvalue weighted by molar-refractivity contribution is -0.0140. The third-order valence-corrected chi connectivity index (χ3v) is 2.69. The maximum absolute atomic E-state index is 11.8. The van der Waals surface area contributed by atoms with Crippen molar-refractivity contribution in [3.05, 3.63) is 23.5 Å². The molecular formula is C11H13N3O3. The van der Waals surface area contributed by atoms with E-state index in [-0.39, 0.29) is 5.91 Å². The number of aromatic amines is 1. The first-order valence-corrected chi connectivity index (χ1v) is 5.36. The molecule has 1 aliphatic rings. The van der Waals surface area contributed by atoms with Gasteiger partial charge in [-0.3, -0.25) is 4.79 Å². The zero-order chi connectivity index (χ0) is 12.3. The number of hydrogen-bond acceptors (Lipinski definition) is 4. The summed E-state index contributed by atoms with van der Waals surface area (Å²) in [7, 11) is 0. The second kappa shape index (κ2) is 4.99. The van der Waals surface area contributed by atoms with Crippen molar-refractivity contribution in [2.75, 3.05) is 13.2 Å². The van der Waals surface area contributed by atoms with Crippen LogP contribution in [0.4, 0.5) is 0 Å². The van der Waals surface area contributed by atoms with E-state index in [1.807, 2.05) is 6.07 Å². The lowest BCUT2D eigenvalue weighted by Crippen LogP contribution is -2.49. The molecule has 0 radical (unpaired) electrons. The molecule has 1 aromatic heterocycles. The Morgan fingerprint density at radius 1 is 1.71 bits per heavy atom. The number of amides is 1. The molecule has 0 unspecified atom stereocenters. The van der Waals surface area contributed by atoms with Gasteiger partial charge in [-0.05, 0) is 12.5 Å². The summed E-state index contributed by atoms with van der Waals surface area (Å²) in [6.07, 6.45) is 1.39. The lowest BCUT2D eigenvalue weighted by atomic mass is 10.1. The number of carbonyl (C=O) groups is 1. The zero-order valence-electron chi connectivity index (χ0n) is 9.14. The van der Waals surface area contributed by atoms with Crippen LogP contribution in [-0.4, -0.2) is 41.4 Å². The summed E-state index contributed by atoms with van der Waals surface area (Å²) in [5.41, 5.74) is 0.704. The Morgan fingerprint density at radius 3 is 3.18 bits per heavy atom. The average molecular weight is 235 g/mol. The summed E-state index contributed by atoms with van der Waals surface area (Å²) in [5.74, 6) is -0.346. The highest BCUT2D eigenvalue weighted by Gasteiger charge is 2.25. The molecule has 2 rings (SSSR count). The Kier molecular flexibility index (Phi) is 3.42. The maximum Gasteiger partial charge on any atom is 0.268 e. The fraction of sp³-hybridized carbons (Fsp3) is 0.455. The number of aliphatic hydroxyl groups excluding tert-OH is 1. The van der Waals surface area contributed by atoms with Gasteiger partial charge in [-0.25, -0.2) is 0 Å². The van der Waals surface area contributed by atoms with Crippen LogP contribution in [0.3, 0.4) is 0 Å². The van der Waals surface area contributed by atoms with E-state index in [0.717, 1.165) is 0 Å². The van der Waals surface area contributed by atoms with Crippen molar-refractivity contribution in [1.29, 1.82) is 5.26 Å². The van der Waals surface area contributed by atoms with Gasteiger partial charge in [0, 0.05) is 12.8 Å². The van der Waals surface area contributed by atoms with Gasteiger partial charge in [0.1, 0.15) is 11.8 Å². The molecule has 0 bridgehead atoms. The predicted molar refractivity (Wildman–Crippen MR) is 58.2 cm³/mol. The first kappa shape index (κ1) is 11.6. The fourth-order valence-electron chi connectivity index (χ4n) is 1.70. The molecule has 2 atom stereocenters. The van der Waals surface area contributed by atoms with Gasteiger partial charge in [0.05, 0.1) is 24.3 Å². The van der Waals surface area contributed by atoms with E-state index in [2.05, 4.69) is 10.3 Å². The molecule has 3 N–H and O–H groups in total. The number of H-pyrrole nitrogens is 1. The highest BCUT2D eigenvalue weighted by molar-refractivity contribution is 5.93. The quantitative estimate of drug-likeness (QED) is 0.659. The van der Waals surface area contributed by atoms with Crippen LogP contribution < -0.4 is 5.32 Å². The lowest BCUT2D eigenvalue weighted by Gasteiger charge is -2.28. The summed E-state index contributed by atoms with van der Waals surface area (Å²) in [6.45, 7) is 0.813. The van der Waals surface area contributed by atoms with Crippen molar-refractivity contribution in [1.82, 2.24) is 10.3 Å². The van der Waals surface area contributed by atoms with E-state index in [1.165, 1.54) is 12.3 Å². The van der Waals surface area contributed by atoms with Crippen LogP contribution in [0.15, 0.2) is 12.3 Å². The van der Waals surface area contributed by atoms with Gasteiger partial charge in [0.2, 0.25) is 0 Å². The van der Waals surface area contributed by atoms with E-state index in [0.29, 0.717) is 30.9 Å². The Bertz CT molecular complexity index is 449. The van der Waals surface area contributed by atoms with Gasteiger partial charge in [-0.2, -0.15) is 5.26 Å². The van der Waals surface area contributed by atoms with Crippen molar-refractivity contribution >= 4 is 5.91 Å². The number of nitriles is 1. The minimum Gasteiger partial charge on any atom is -0.391 e. The predicted octanol–water partition coefficient (Wildman–Crippen LogP) is -0.234. The van der Waals surface area contributed by atoms with Crippen LogP contribution in [0.2, 0.25) is 0 Å². The SMILES string of the molecule is N#Cc1c[nH]c(C(=O)N[C@H]2COCC[C@@H]2O)c1. The van der Waals surface area contributed by atoms with E-state index in [4.69, 9.17) is 10.00 Å². The number of hydrogen-bond donors (Lipinski definition) is 3. The molecule has 0 spiro atoms. The molecule has 2 heterocycles. The van der Waals surface area contributed by atoms with Crippen molar-refractivity contribution in [3.63, 3.8) is 0 Å². The number of aliphatic hydroxyl groups is 1.